The second kappa shape index (κ2) is 5.32. The van der Waals surface area contributed by atoms with Crippen molar-refractivity contribution in [3.8, 4) is 5.75 Å². The summed E-state index contributed by atoms with van der Waals surface area (Å²) in [5.74, 6) is -0.681. The summed E-state index contributed by atoms with van der Waals surface area (Å²) in [5.41, 5.74) is 0.862. The fraction of sp³-hybridized carbons (Fsp3) is 0.200. The highest BCUT2D eigenvalue weighted by Gasteiger charge is 2.29. The second-order valence-electron chi connectivity index (χ2n) is 4.69. The van der Waals surface area contributed by atoms with Crippen molar-refractivity contribution in [1.82, 2.24) is 5.32 Å². The van der Waals surface area contributed by atoms with E-state index in [-0.39, 0.29) is 24.1 Å². The Hall–Kier alpha value is -2.76. The first-order chi connectivity index (χ1) is 10.1. The molecule has 6 heteroatoms. The van der Waals surface area contributed by atoms with Crippen LogP contribution in [0.25, 0.3) is 0 Å². The van der Waals surface area contributed by atoms with E-state index in [0.717, 1.165) is 11.3 Å². The van der Waals surface area contributed by atoms with Gasteiger partial charge < -0.3 is 19.6 Å². The third-order valence-corrected chi connectivity index (χ3v) is 3.33. The van der Waals surface area contributed by atoms with Crippen molar-refractivity contribution < 1.29 is 23.8 Å². The quantitative estimate of drug-likeness (QED) is 0.894. The highest BCUT2D eigenvalue weighted by Crippen LogP contribution is 2.33. The number of rotatable bonds is 4. The molecule has 3 rings (SSSR count). The second-order valence-corrected chi connectivity index (χ2v) is 4.69. The van der Waals surface area contributed by atoms with Crippen LogP contribution in [0.2, 0.25) is 0 Å². The number of benzene rings is 1. The predicted molar refractivity (Wildman–Crippen MR) is 72.2 cm³/mol. The molecule has 0 aliphatic carbocycles. The Morgan fingerprint density at radius 1 is 1.24 bits per heavy atom. The minimum atomic E-state index is -1.13. The van der Waals surface area contributed by atoms with Crippen LogP contribution in [0.15, 0.2) is 40.8 Å². The van der Waals surface area contributed by atoms with E-state index in [1.165, 1.54) is 12.1 Å². The van der Waals surface area contributed by atoms with Crippen molar-refractivity contribution in [2.24, 2.45) is 0 Å². The number of hydrogen-bond acceptors (Lipinski definition) is 4. The van der Waals surface area contributed by atoms with Crippen LogP contribution in [0.5, 0.6) is 5.75 Å². The average molecular weight is 287 g/mol. The van der Waals surface area contributed by atoms with Crippen LogP contribution in [-0.2, 0) is 11.3 Å². The van der Waals surface area contributed by atoms with Gasteiger partial charge in [-0.2, -0.15) is 0 Å². The van der Waals surface area contributed by atoms with Crippen LogP contribution >= 0.6 is 0 Å². The zero-order valence-corrected chi connectivity index (χ0v) is 11.0. The molecule has 1 amide bonds. The lowest BCUT2D eigenvalue weighted by atomic mass is 10.0. The van der Waals surface area contributed by atoms with Gasteiger partial charge in [0.05, 0.1) is 6.54 Å². The highest BCUT2D eigenvalue weighted by molar-refractivity contribution is 5.85. The number of carboxylic acids is 1. The summed E-state index contributed by atoms with van der Waals surface area (Å²) in [6, 6.07) is 10.3. The maximum absolute atomic E-state index is 12.2. The molecule has 1 aromatic carbocycles. The standard InChI is InChI=1S/C15H13NO5/c17-14(11-8-20-12-4-2-1-3-10(11)12)16-7-9-5-6-13(21-9)15(18)19/h1-6,11H,7-8H2,(H,16,17)(H,18,19)/t11-/m0/s1. The van der Waals surface area contributed by atoms with E-state index in [2.05, 4.69) is 5.32 Å². The molecule has 0 spiro atoms. The van der Waals surface area contributed by atoms with Gasteiger partial charge in [-0.25, -0.2) is 4.79 Å². The Labute approximate surface area is 120 Å². The fourth-order valence-corrected chi connectivity index (χ4v) is 2.26. The van der Waals surface area contributed by atoms with E-state index in [9.17, 15) is 9.59 Å². The number of carboxylic acid groups (broad SMARTS) is 1. The van der Waals surface area contributed by atoms with Gasteiger partial charge in [-0.15, -0.1) is 0 Å². The first-order valence-corrected chi connectivity index (χ1v) is 6.46. The lowest BCUT2D eigenvalue weighted by Gasteiger charge is -2.09. The zero-order valence-electron chi connectivity index (χ0n) is 11.0. The van der Waals surface area contributed by atoms with E-state index in [0.29, 0.717) is 12.4 Å². The van der Waals surface area contributed by atoms with Crippen molar-refractivity contribution >= 4 is 11.9 Å². The van der Waals surface area contributed by atoms with Gasteiger partial charge in [0.25, 0.3) is 0 Å². The summed E-state index contributed by atoms with van der Waals surface area (Å²) in [5, 5.41) is 11.5. The van der Waals surface area contributed by atoms with E-state index in [1.807, 2.05) is 24.3 Å². The summed E-state index contributed by atoms with van der Waals surface area (Å²) >= 11 is 0. The van der Waals surface area contributed by atoms with Gasteiger partial charge in [0.1, 0.15) is 24.0 Å². The number of nitrogens with one attached hydrogen (secondary N) is 1. The maximum atomic E-state index is 12.2. The number of aromatic carboxylic acids is 1. The molecule has 1 atom stereocenters. The minimum absolute atomic E-state index is 0.144. The summed E-state index contributed by atoms with van der Waals surface area (Å²) in [6.07, 6.45) is 0. The molecule has 2 aromatic rings. The molecule has 0 saturated carbocycles. The van der Waals surface area contributed by atoms with Gasteiger partial charge in [0.15, 0.2) is 0 Å². The van der Waals surface area contributed by atoms with Crippen LogP contribution in [-0.4, -0.2) is 23.6 Å². The fourth-order valence-electron chi connectivity index (χ4n) is 2.26. The third-order valence-electron chi connectivity index (χ3n) is 3.33. The molecule has 0 fully saturated rings. The molecule has 0 unspecified atom stereocenters. The highest BCUT2D eigenvalue weighted by atomic mass is 16.5. The van der Waals surface area contributed by atoms with E-state index in [1.54, 1.807) is 0 Å². The number of hydrogen-bond donors (Lipinski definition) is 2. The molecular weight excluding hydrogens is 274 g/mol. The Bertz CT molecular complexity index is 691. The summed E-state index contributed by atoms with van der Waals surface area (Å²) < 4.78 is 10.5. The SMILES string of the molecule is O=C(O)c1ccc(CNC(=O)[C@H]2COc3ccccc32)o1. The van der Waals surface area contributed by atoms with Crippen molar-refractivity contribution in [3.63, 3.8) is 0 Å². The Balaban J connectivity index is 1.63. The summed E-state index contributed by atoms with van der Waals surface area (Å²) in [7, 11) is 0. The number of carbonyl (C=O) groups is 2. The van der Waals surface area contributed by atoms with Crippen molar-refractivity contribution in [2.75, 3.05) is 6.61 Å². The number of fused-ring (bicyclic) bond motifs is 1. The number of ether oxygens (including phenoxy) is 1. The number of para-hydroxylation sites is 1. The lowest BCUT2D eigenvalue weighted by Crippen LogP contribution is -2.29. The number of amides is 1. The molecule has 1 aliphatic heterocycles. The van der Waals surface area contributed by atoms with Gasteiger partial charge in [-0.05, 0) is 18.2 Å². The first kappa shape index (κ1) is 13.2. The molecule has 2 N–H and O–H groups in total. The van der Waals surface area contributed by atoms with Crippen molar-refractivity contribution in [3.05, 3.63) is 53.5 Å². The van der Waals surface area contributed by atoms with E-state index >= 15 is 0 Å². The van der Waals surface area contributed by atoms with Crippen molar-refractivity contribution in [2.45, 2.75) is 12.5 Å². The normalized spacial score (nSPS) is 16.1. The maximum Gasteiger partial charge on any atom is 0.371 e. The molecule has 108 valence electrons. The number of furan rings is 1. The van der Waals surface area contributed by atoms with Gasteiger partial charge in [0.2, 0.25) is 11.7 Å². The van der Waals surface area contributed by atoms with Crippen LogP contribution in [0, 0.1) is 0 Å². The van der Waals surface area contributed by atoms with Crippen LogP contribution in [0.3, 0.4) is 0 Å². The van der Waals surface area contributed by atoms with E-state index < -0.39 is 5.97 Å². The lowest BCUT2D eigenvalue weighted by molar-refractivity contribution is -0.123. The van der Waals surface area contributed by atoms with Crippen molar-refractivity contribution in [1.29, 1.82) is 0 Å². The average Bonchev–Trinajstić information content (AvgIpc) is 3.11. The molecule has 0 radical (unpaired) electrons. The smallest absolute Gasteiger partial charge is 0.371 e. The first-order valence-electron chi connectivity index (χ1n) is 6.46. The van der Waals surface area contributed by atoms with Gasteiger partial charge in [0, 0.05) is 5.56 Å². The monoisotopic (exact) mass is 287 g/mol. The Morgan fingerprint density at radius 2 is 2.05 bits per heavy atom. The van der Waals surface area contributed by atoms with Gasteiger partial charge >= 0.3 is 5.97 Å². The van der Waals surface area contributed by atoms with Crippen LogP contribution in [0.1, 0.15) is 27.8 Å². The minimum Gasteiger partial charge on any atom is -0.492 e. The third kappa shape index (κ3) is 2.60. The van der Waals surface area contributed by atoms with Gasteiger partial charge in [-0.3, -0.25) is 4.79 Å². The molecule has 21 heavy (non-hydrogen) atoms. The molecule has 6 nitrogen and oxygen atoms in total. The van der Waals surface area contributed by atoms with Gasteiger partial charge in [-0.1, -0.05) is 18.2 Å². The van der Waals surface area contributed by atoms with Crippen LogP contribution < -0.4 is 10.1 Å². The summed E-state index contributed by atoms with van der Waals surface area (Å²) in [6.45, 7) is 0.453. The molecule has 0 bridgehead atoms. The predicted octanol–water partition coefficient (Wildman–Crippen LogP) is 1.77. The number of carbonyl (C=O) groups excluding carboxylic acids is 1. The zero-order chi connectivity index (χ0) is 14.8. The Morgan fingerprint density at radius 3 is 2.81 bits per heavy atom. The van der Waals surface area contributed by atoms with E-state index in [4.69, 9.17) is 14.3 Å². The summed E-state index contributed by atoms with van der Waals surface area (Å²) in [4.78, 5) is 22.9. The Kier molecular flexibility index (Phi) is 3.35. The molecular formula is C15H13NO5. The van der Waals surface area contributed by atoms with Crippen LogP contribution in [0.4, 0.5) is 0 Å². The molecule has 1 aliphatic rings. The largest absolute Gasteiger partial charge is 0.492 e. The topological polar surface area (TPSA) is 88.8 Å². The molecule has 0 saturated heterocycles. The molecule has 1 aromatic heterocycles. The molecule has 2 heterocycles.